The van der Waals surface area contributed by atoms with Gasteiger partial charge < -0.3 is 14.4 Å². The molecule has 1 aromatic carbocycles. The molecule has 1 aliphatic heterocycles. The second-order valence-electron chi connectivity index (χ2n) is 6.89. The molecule has 4 nitrogen and oxygen atoms in total. The monoisotopic (exact) mass is 317 g/mol. The molecule has 1 atom stereocenters. The summed E-state index contributed by atoms with van der Waals surface area (Å²) in [4.78, 5) is 15.1. The fourth-order valence-corrected chi connectivity index (χ4v) is 3.90. The van der Waals surface area contributed by atoms with Crippen LogP contribution in [0.4, 0.5) is 0 Å². The van der Waals surface area contributed by atoms with E-state index in [1.807, 2.05) is 12.1 Å². The number of ether oxygens (including phenoxy) is 2. The number of hydrogen-bond donors (Lipinski definition) is 0. The molecular formula is C19H27NO3. The van der Waals surface area contributed by atoms with Crippen LogP contribution in [0.3, 0.4) is 0 Å². The fourth-order valence-electron chi connectivity index (χ4n) is 3.90. The Labute approximate surface area is 138 Å². The van der Waals surface area contributed by atoms with E-state index in [1.54, 1.807) is 14.2 Å². The second-order valence-corrected chi connectivity index (χ2v) is 6.89. The van der Waals surface area contributed by atoms with Crippen LogP contribution in [-0.2, 0) is 9.53 Å². The smallest absolute Gasteiger partial charge is 0.228 e. The Balaban J connectivity index is 1.63. The molecule has 0 spiro atoms. The van der Waals surface area contributed by atoms with Gasteiger partial charge in [-0.2, -0.15) is 0 Å². The van der Waals surface area contributed by atoms with Crippen molar-refractivity contribution >= 4 is 5.91 Å². The molecule has 23 heavy (non-hydrogen) atoms. The third-order valence-corrected chi connectivity index (χ3v) is 5.61. The highest BCUT2D eigenvalue weighted by atomic mass is 16.5. The Morgan fingerprint density at radius 3 is 2.57 bits per heavy atom. The summed E-state index contributed by atoms with van der Waals surface area (Å²) in [5, 5.41) is 0. The van der Waals surface area contributed by atoms with Gasteiger partial charge >= 0.3 is 0 Å². The summed E-state index contributed by atoms with van der Waals surface area (Å²) in [7, 11) is 3.40. The highest BCUT2D eigenvalue weighted by Gasteiger charge is 2.47. The molecule has 2 aliphatic rings. The lowest BCUT2D eigenvalue weighted by Crippen LogP contribution is -2.47. The number of hydrogen-bond acceptors (Lipinski definition) is 3. The number of methoxy groups -OCH3 is 2. The first-order chi connectivity index (χ1) is 11.2. The van der Waals surface area contributed by atoms with Crippen LogP contribution in [0.15, 0.2) is 24.3 Å². The van der Waals surface area contributed by atoms with Crippen molar-refractivity contribution in [1.29, 1.82) is 0 Å². The van der Waals surface area contributed by atoms with Gasteiger partial charge in [0.15, 0.2) is 0 Å². The van der Waals surface area contributed by atoms with Gasteiger partial charge in [0.25, 0.3) is 0 Å². The molecule has 0 aromatic heterocycles. The number of likely N-dealkylation sites (tertiary alicyclic amines) is 1. The third-order valence-electron chi connectivity index (χ3n) is 5.61. The molecule has 3 rings (SSSR count). The Hall–Kier alpha value is -1.55. The Morgan fingerprint density at radius 1 is 1.26 bits per heavy atom. The first-order valence-electron chi connectivity index (χ1n) is 8.61. The van der Waals surface area contributed by atoms with Crippen LogP contribution in [0.25, 0.3) is 0 Å². The molecule has 0 unspecified atom stereocenters. The van der Waals surface area contributed by atoms with E-state index in [4.69, 9.17) is 9.47 Å². The van der Waals surface area contributed by atoms with Gasteiger partial charge in [0, 0.05) is 32.7 Å². The van der Waals surface area contributed by atoms with E-state index >= 15 is 0 Å². The van der Waals surface area contributed by atoms with Crippen molar-refractivity contribution in [3.63, 3.8) is 0 Å². The molecule has 0 bridgehead atoms. The lowest BCUT2D eigenvalue weighted by Gasteiger charge is -2.42. The van der Waals surface area contributed by atoms with Crippen molar-refractivity contribution in [2.24, 2.45) is 5.41 Å². The zero-order valence-electron chi connectivity index (χ0n) is 14.2. The van der Waals surface area contributed by atoms with Gasteiger partial charge in [-0.15, -0.1) is 0 Å². The summed E-state index contributed by atoms with van der Waals surface area (Å²) in [5.41, 5.74) is 1.17. The van der Waals surface area contributed by atoms with E-state index in [1.165, 1.54) is 12.0 Å². The van der Waals surface area contributed by atoms with Gasteiger partial charge in [0.1, 0.15) is 5.75 Å². The molecule has 0 radical (unpaired) electrons. The summed E-state index contributed by atoms with van der Waals surface area (Å²) in [5.74, 6) is 1.69. The quantitative estimate of drug-likeness (QED) is 0.808. The molecule has 1 saturated heterocycles. The highest BCUT2D eigenvalue weighted by Crippen LogP contribution is 2.46. The van der Waals surface area contributed by atoms with Crippen molar-refractivity contribution in [2.75, 3.05) is 33.9 Å². The molecule has 1 amide bonds. The van der Waals surface area contributed by atoms with E-state index < -0.39 is 0 Å². The Bertz CT molecular complexity index is 536. The number of benzene rings is 1. The van der Waals surface area contributed by atoms with Gasteiger partial charge in [0.2, 0.25) is 5.91 Å². The van der Waals surface area contributed by atoms with E-state index in [0.29, 0.717) is 18.4 Å². The third kappa shape index (κ3) is 3.23. The van der Waals surface area contributed by atoms with Crippen LogP contribution in [0.2, 0.25) is 0 Å². The van der Waals surface area contributed by atoms with Gasteiger partial charge in [-0.25, -0.2) is 0 Å². The van der Waals surface area contributed by atoms with Gasteiger partial charge in [-0.3, -0.25) is 4.79 Å². The minimum Gasteiger partial charge on any atom is -0.497 e. The van der Waals surface area contributed by atoms with Crippen molar-refractivity contribution < 1.29 is 14.3 Å². The maximum Gasteiger partial charge on any atom is 0.228 e. The normalized spacial score (nSPS) is 22.7. The minimum atomic E-state index is -0.134. The molecular weight excluding hydrogens is 290 g/mol. The van der Waals surface area contributed by atoms with Crippen LogP contribution < -0.4 is 4.74 Å². The van der Waals surface area contributed by atoms with Crippen LogP contribution >= 0.6 is 0 Å². The van der Waals surface area contributed by atoms with E-state index in [0.717, 1.165) is 44.5 Å². The largest absolute Gasteiger partial charge is 0.497 e. The molecule has 1 aromatic rings. The summed E-state index contributed by atoms with van der Waals surface area (Å²) >= 11 is 0. The van der Waals surface area contributed by atoms with Crippen molar-refractivity contribution in [3.8, 4) is 5.75 Å². The van der Waals surface area contributed by atoms with Gasteiger partial charge in [0.05, 0.1) is 12.5 Å². The number of carbonyl (C=O) groups excluding carboxylic acids is 1. The number of amides is 1. The summed E-state index contributed by atoms with van der Waals surface area (Å²) < 4.78 is 10.4. The summed E-state index contributed by atoms with van der Waals surface area (Å²) in [6, 6.07) is 8.26. The Morgan fingerprint density at radius 2 is 2.00 bits per heavy atom. The first kappa shape index (κ1) is 16.3. The maximum absolute atomic E-state index is 13.0. The summed E-state index contributed by atoms with van der Waals surface area (Å²) in [6.45, 7) is 2.41. The number of nitrogens with zero attached hydrogens (tertiary/aromatic N) is 1. The molecule has 1 aliphatic carbocycles. The molecule has 4 heteroatoms. The molecule has 126 valence electrons. The first-order valence-corrected chi connectivity index (χ1v) is 8.61. The van der Waals surface area contributed by atoms with Crippen LogP contribution in [0.1, 0.15) is 43.6 Å². The zero-order chi connectivity index (χ0) is 16.3. The van der Waals surface area contributed by atoms with Crippen molar-refractivity contribution in [2.45, 2.75) is 38.0 Å². The lowest BCUT2D eigenvalue weighted by atomic mass is 9.66. The Kier molecular flexibility index (Phi) is 4.90. The molecule has 1 heterocycles. The van der Waals surface area contributed by atoms with Crippen molar-refractivity contribution in [3.05, 3.63) is 29.8 Å². The van der Waals surface area contributed by atoms with Gasteiger partial charge in [-0.05, 0) is 43.4 Å². The van der Waals surface area contributed by atoms with Gasteiger partial charge in [-0.1, -0.05) is 18.6 Å². The van der Waals surface area contributed by atoms with E-state index in [9.17, 15) is 4.79 Å². The second kappa shape index (κ2) is 6.91. The fraction of sp³-hybridized carbons (Fsp3) is 0.632. The standard InChI is InChI=1S/C19H27NO3/c1-22-13-11-19(9-3-10-19)18(21)20-12-8-16(14-20)15-4-6-17(23-2)7-5-15/h4-7,16H,3,8-14H2,1-2H3/t16-/m1/s1. The maximum atomic E-state index is 13.0. The molecule has 1 saturated carbocycles. The van der Waals surface area contributed by atoms with Crippen molar-refractivity contribution in [1.82, 2.24) is 4.90 Å². The van der Waals surface area contributed by atoms with E-state index in [-0.39, 0.29) is 5.41 Å². The predicted molar refractivity (Wildman–Crippen MR) is 89.7 cm³/mol. The molecule has 0 N–H and O–H groups in total. The average Bonchev–Trinajstić information content (AvgIpc) is 3.04. The lowest BCUT2D eigenvalue weighted by molar-refractivity contribution is -0.148. The van der Waals surface area contributed by atoms with Crippen LogP contribution in [0, 0.1) is 5.41 Å². The zero-order valence-corrected chi connectivity index (χ0v) is 14.2. The predicted octanol–water partition coefficient (Wildman–Crippen LogP) is 3.22. The molecule has 2 fully saturated rings. The number of carbonyl (C=O) groups is 1. The topological polar surface area (TPSA) is 38.8 Å². The summed E-state index contributed by atoms with van der Waals surface area (Å²) in [6.07, 6.45) is 5.15. The van der Waals surface area contributed by atoms with E-state index in [2.05, 4.69) is 17.0 Å². The van der Waals surface area contributed by atoms with Crippen LogP contribution in [-0.4, -0.2) is 44.7 Å². The number of rotatable bonds is 6. The SMILES string of the molecule is COCCC1(C(=O)N2CC[C@@H](c3ccc(OC)cc3)C2)CCC1. The average molecular weight is 317 g/mol. The highest BCUT2D eigenvalue weighted by molar-refractivity contribution is 5.84. The minimum absolute atomic E-state index is 0.134. The van der Waals surface area contributed by atoms with Crippen LogP contribution in [0.5, 0.6) is 5.75 Å².